The third kappa shape index (κ3) is 2.68. The first-order valence-electron chi connectivity index (χ1n) is 8.73. The predicted molar refractivity (Wildman–Crippen MR) is 93.0 cm³/mol. The van der Waals surface area contributed by atoms with Crippen LogP contribution in [0.3, 0.4) is 0 Å². The summed E-state index contributed by atoms with van der Waals surface area (Å²) in [6.07, 6.45) is 0.804. The van der Waals surface area contributed by atoms with Crippen molar-refractivity contribution in [1.82, 2.24) is 15.1 Å². The molecular weight excluding hydrogens is 364 g/mol. The van der Waals surface area contributed by atoms with Gasteiger partial charge in [-0.15, -0.1) is 0 Å². The van der Waals surface area contributed by atoms with Gasteiger partial charge in [-0.2, -0.15) is 5.10 Å². The number of aromatic amines is 1. The number of aromatic nitrogens is 2. The maximum Gasteiger partial charge on any atom is 0.281 e. The second kappa shape index (κ2) is 6.16. The second-order valence-corrected chi connectivity index (χ2v) is 7.89. The largest absolute Gasteiger partial charge is 0.382 e. The summed E-state index contributed by atoms with van der Waals surface area (Å²) < 4.78 is 30.8. The number of nitrogens with one attached hydrogen (secondary N) is 1. The van der Waals surface area contributed by atoms with Crippen molar-refractivity contribution in [2.45, 2.75) is 31.8 Å². The van der Waals surface area contributed by atoms with Gasteiger partial charge in [0.05, 0.1) is 11.7 Å². The Bertz CT molecular complexity index is 842. The van der Waals surface area contributed by atoms with E-state index in [0.717, 1.165) is 0 Å². The van der Waals surface area contributed by atoms with Crippen LogP contribution in [0.25, 0.3) is 10.9 Å². The molecule has 8 heteroatoms. The van der Waals surface area contributed by atoms with E-state index in [-0.39, 0.29) is 28.3 Å². The molecule has 26 heavy (non-hydrogen) atoms. The normalized spacial score (nSPS) is 27.1. The Morgan fingerprint density at radius 2 is 2.04 bits per heavy atom. The van der Waals surface area contributed by atoms with Crippen LogP contribution in [0.4, 0.5) is 8.78 Å². The van der Waals surface area contributed by atoms with E-state index >= 15 is 8.78 Å². The zero-order valence-corrected chi connectivity index (χ0v) is 15.0. The van der Waals surface area contributed by atoms with Crippen LogP contribution in [0.15, 0.2) is 18.3 Å². The van der Waals surface area contributed by atoms with Crippen LogP contribution < -0.4 is 0 Å². The van der Waals surface area contributed by atoms with Crippen molar-refractivity contribution in [2.24, 2.45) is 17.8 Å². The lowest BCUT2D eigenvalue weighted by Gasteiger charge is -2.42. The van der Waals surface area contributed by atoms with Crippen LogP contribution in [0.2, 0.25) is 5.02 Å². The fraction of sp³-hybridized carbons (Fsp3) is 0.556. The van der Waals surface area contributed by atoms with Gasteiger partial charge in [0, 0.05) is 41.9 Å². The van der Waals surface area contributed by atoms with E-state index in [1.54, 1.807) is 11.0 Å². The number of aliphatic hydroxyl groups is 1. The third-order valence-electron chi connectivity index (χ3n) is 5.93. The van der Waals surface area contributed by atoms with Crippen LogP contribution in [0.5, 0.6) is 0 Å². The first kappa shape index (κ1) is 17.7. The third-order valence-corrected chi connectivity index (χ3v) is 6.15. The maximum atomic E-state index is 15.4. The Morgan fingerprint density at radius 1 is 1.38 bits per heavy atom. The van der Waals surface area contributed by atoms with Crippen molar-refractivity contribution in [2.75, 3.05) is 13.1 Å². The first-order valence-corrected chi connectivity index (χ1v) is 9.10. The van der Waals surface area contributed by atoms with Crippen LogP contribution in [-0.2, 0) is 4.79 Å². The molecule has 0 spiro atoms. The highest BCUT2D eigenvalue weighted by atomic mass is 35.5. The number of hydrogen-bond acceptors (Lipinski definition) is 3. The fourth-order valence-electron chi connectivity index (χ4n) is 4.76. The monoisotopic (exact) mass is 383 g/mol. The summed E-state index contributed by atoms with van der Waals surface area (Å²) in [5.41, 5.74) is 0.429. The van der Waals surface area contributed by atoms with Gasteiger partial charge < -0.3 is 10.0 Å². The molecule has 4 rings (SSSR count). The molecule has 2 aliphatic rings. The lowest BCUT2D eigenvalue weighted by Crippen LogP contribution is -2.51. The van der Waals surface area contributed by atoms with Gasteiger partial charge in [-0.25, -0.2) is 8.78 Å². The molecule has 5 nitrogen and oxygen atoms in total. The summed E-state index contributed by atoms with van der Waals surface area (Å²) in [6.45, 7) is 2.12. The Labute approximate surface area is 154 Å². The van der Waals surface area contributed by atoms with E-state index < -0.39 is 17.9 Å². The number of H-pyrrole nitrogens is 1. The molecule has 4 atom stereocenters. The zero-order chi connectivity index (χ0) is 18.6. The molecule has 1 saturated heterocycles. The summed E-state index contributed by atoms with van der Waals surface area (Å²) in [4.78, 5) is 13.3. The van der Waals surface area contributed by atoms with E-state index in [2.05, 4.69) is 10.2 Å². The highest BCUT2D eigenvalue weighted by molar-refractivity contribution is 6.31. The van der Waals surface area contributed by atoms with Gasteiger partial charge in [-0.05, 0) is 36.8 Å². The molecule has 1 saturated carbocycles. The van der Waals surface area contributed by atoms with E-state index in [1.165, 1.54) is 19.2 Å². The van der Waals surface area contributed by atoms with E-state index in [9.17, 15) is 9.90 Å². The molecule has 2 N–H and O–H groups in total. The van der Waals surface area contributed by atoms with Crippen molar-refractivity contribution < 1.29 is 18.7 Å². The maximum absolute atomic E-state index is 15.4. The molecule has 1 aliphatic heterocycles. The fourth-order valence-corrected chi connectivity index (χ4v) is 5.00. The molecule has 2 heterocycles. The summed E-state index contributed by atoms with van der Waals surface area (Å²) >= 11 is 6.04. The van der Waals surface area contributed by atoms with E-state index in [1.807, 2.05) is 0 Å². The van der Waals surface area contributed by atoms with Crippen LogP contribution in [0, 0.1) is 17.8 Å². The minimum Gasteiger partial charge on any atom is -0.382 e. The average molecular weight is 384 g/mol. The number of rotatable bonds is 3. The van der Waals surface area contributed by atoms with Gasteiger partial charge in [0.15, 0.2) is 0 Å². The zero-order valence-electron chi connectivity index (χ0n) is 14.3. The first-order chi connectivity index (χ1) is 12.3. The predicted octanol–water partition coefficient (Wildman–Crippen LogP) is 3.39. The van der Waals surface area contributed by atoms with Crippen molar-refractivity contribution >= 4 is 28.4 Å². The van der Waals surface area contributed by atoms with Gasteiger partial charge in [0.1, 0.15) is 6.10 Å². The number of amides is 1. The molecule has 2 aromatic rings. The number of likely N-dealkylation sites (tertiary alicyclic amines) is 1. The number of aliphatic hydroxyl groups excluding tert-OH is 1. The molecule has 2 unspecified atom stereocenters. The standard InChI is InChI=1S/C18H20ClF2N3O2/c1-9(25)24-7-10-2-3-11(8-24)15(10)18(20,21)17(26)14-5-13(19)4-12-6-22-23-16(12)14/h4-6,10-11,15,17,26H,2-3,7-8H2,1H3,(H,22,23)/t10-,11+,15?,17?. The highest BCUT2D eigenvalue weighted by Crippen LogP contribution is 2.53. The number of halogens is 3. The second-order valence-electron chi connectivity index (χ2n) is 7.45. The minimum atomic E-state index is -3.32. The summed E-state index contributed by atoms with van der Waals surface area (Å²) in [5.74, 6) is -4.97. The molecule has 1 aromatic heterocycles. The molecule has 1 amide bonds. The molecule has 1 aromatic carbocycles. The van der Waals surface area contributed by atoms with Gasteiger partial charge in [0.2, 0.25) is 5.91 Å². The topological polar surface area (TPSA) is 69.2 Å². The molecule has 2 bridgehead atoms. The van der Waals surface area contributed by atoms with Crippen molar-refractivity contribution in [3.63, 3.8) is 0 Å². The van der Waals surface area contributed by atoms with Crippen LogP contribution in [0.1, 0.15) is 31.4 Å². The average Bonchev–Trinajstić information content (AvgIpc) is 3.15. The quantitative estimate of drug-likeness (QED) is 0.853. The van der Waals surface area contributed by atoms with Crippen molar-refractivity contribution in [3.05, 3.63) is 28.9 Å². The van der Waals surface area contributed by atoms with Crippen molar-refractivity contribution in [1.29, 1.82) is 0 Å². The molecule has 140 valence electrons. The molecule has 0 radical (unpaired) electrons. The lowest BCUT2D eigenvalue weighted by molar-refractivity contribution is -0.182. The number of carbonyl (C=O) groups excluding carboxylic acids is 1. The molecule has 1 aliphatic carbocycles. The van der Waals surface area contributed by atoms with Crippen molar-refractivity contribution in [3.8, 4) is 0 Å². The van der Waals surface area contributed by atoms with Crippen LogP contribution in [-0.4, -0.2) is 45.1 Å². The Morgan fingerprint density at radius 3 is 2.65 bits per heavy atom. The number of fused-ring (bicyclic) bond motifs is 3. The molecular formula is C18H20ClF2N3O2. The van der Waals surface area contributed by atoms with Crippen LogP contribution >= 0.6 is 11.6 Å². The van der Waals surface area contributed by atoms with Gasteiger partial charge >= 0.3 is 0 Å². The summed E-state index contributed by atoms with van der Waals surface area (Å²) in [5, 5.41) is 18.0. The smallest absolute Gasteiger partial charge is 0.281 e. The highest BCUT2D eigenvalue weighted by Gasteiger charge is 2.58. The number of benzene rings is 1. The number of carbonyl (C=O) groups is 1. The van der Waals surface area contributed by atoms with E-state index in [0.29, 0.717) is 36.8 Å². The Kier molecular flexibility index (Phi) is 4.19. The Hall–Kier alpha value is -1.73. The lowest BCUT2D eigenvalue weighted by atomic mass is 9.77. The summed E-state index contributed by atoms with van der Waals surface area (Å²) in [6, 6.07) is 2.98. The number of nitrogens with zero attached hydrogens (tertiary/aromatic N) is 2. The summed E-state index contributed by atoms with van der Waals surface area (Å²) in [7, 11) is 0. The number of hydrogen-bond donors (Lipinski definition) is 2. The van der Waals surface area contributed by atoms with Gasteiger partial charge in [-0.3, -0.25) is 9.89 Å². The number of piperidine rings is 1. The number of alkyl halides is 2. The Balaban J connectivity index is 1.68. The SMILES string of the molecule is CC(=O)N1C[C@H]2CC[C@@H](C1)C2C(F)(F)C(O)c1cc(Cl)cc2cn[nH]c12. The molecule has 2 fully saturated rings. The van der Waals surface area contributed by atoms with E-state index in [4.69, 9.17) is 11.6 Å². The van der Waals surface area contributed by atoms with Gasteiger partial charge in [0.25, 0.3) is 5.92 Å². The minimum absolute atomic E-state index is 0.0587. The van der Waals surface area contributed by atoms with Gasteiger partial charge in [-0.1, -0.05) is 11.6 Å².